The van der Waals surface area contributed by atoms with Crippen molar-refractivity contribution in [2.45, 2.75) is 26.7 Å². The van der Waals surface area contributed by atoms with Crippen LogP contribution in [0.15, 0.2) is 30.7 Å². The third-order valence-corrected chi connectivity index (χ3v) is 2.81. The van der Waals surface area contributed by atoms with E-state index in [0.717, 1.165) is 36.6 Å². The van der Waals surface area contributed by atoms with E-state index in [0.29, 0.717) is 0 Å². The highest BCUT2D eigenvalue weighted by atomic mass is 15.0. The van der Waals surface area contributed by atoms with Crippen LogP contribution in [0.25, 0.3) is 0 Å². The second kappa shape index (κ2) is 6.10. The minimum absolute atomic E-state index is 0.755. The van der Waals surface area contributed by atoms with Crippen molar-refractivity contribution >= 4 is 5.82 Å². The molecule has 4 heteroatoms. The minimum atomic E-state index is 0.755. The number of anilines is 1. The lowest BCUT2D eigenvalue weighted by molar-refractivity contribution is 0.924. The predicted molar refractivity (Wildman–Crippen MR) is 72.6 cm³/mol. The molecule has 0 spiro atoms. The van der Waals surface area contributed by atoms with Crippen LogP contribution >= 0.6 is 0 Å². The standard InChI is InChI=1S/C14H18N4/c1-3-12-13(9-11-7-5-6-8-16-11)17-10-18-14(12)15-4-2/h5-8,10H,3-4,9H2,1-2H3,(H,15,17,18). The molecule has 1 N–H and O–H groups in total. The fourth-order valence-corrected chi connectivity index (χ4v) is 1.97. The summed E-state index contributed by atoms with van der Waals surface area (Å²) in [6.07, 6.45) is 5.11. The van der Waals surface area contributed by atoms with Crippen molar-refractivity contribution in [3.63, 3.8) is 0 Å². The second-order valence-corrected chi connectivity index (χ2v) is 4.03. The van der Waals surface area contributed by atoms with Crippen LogP contribution in [0.5, 0.6) is 0 Å². The van der Waals surface area contributed by atoms with E-state index in [2.05, 4.69) is 34.1 Å². The lowest BCUT2D eigenvalue weighted by Crippen LogP contribution is -2.08. The van der Waals surface area contributed by atoms with Gasteiger partial charge >= 0.3 is 0 Å². The fourth-order valence-electron chi connectivity index (χ4n) is 1.97. The first-order valence-corrected chi connectivity index (χ1v) is 6.31. The van der Waals surface area contributed by atoms with E-state index < -0.39 is 0 Å². The largest absolute Gasteiger partial charge is 0.370 e. The molecular formula is C14H18N4. The molecule has 0 unspecified atom stereocenters. The van der Waals surface area contributed by atoms with Crippen molar-refractivity contribution in [2.75, 3.05) is 11.9 Å². The zero-order valence-corrected chi connectivity index (χ0v) is 10.8. The summed E-state index contributed by atoms with van der Waals surface area (Å²) in [5, 5.41) is 3.28. The highest BCUT2D eigenvalue weighted by Crippen LogP contribution is 2.18. The quantitative estimate of drug-likeness (QED) is 0.875. The Morgan fingerprint density at radius 1 is 1.11 bits per heavy atom. The normalized spacial score (nSPS) is 10.3. The topological polar surface area (TPSA) is 50.7 Å². The maximum atomic E-state index is 4.40. The highest BCUT2D eigenvalue weighted by molar-refractivity contribution is 5.46. The third-order valence-electron chi connectivity index (χ3n) is 2.81. The van der Waals surface area contributed by atoms with Crippen LogP contribution in [-0.4, -0.2) is 21.5 Å². The molecule has 0 radical (unpaired) electrons. The average molecular weight is 242 g/mol. The second-order valence-electron chi connectivity index (χ2n) is 4.03. The predicted octanol–water partition coefficient (Wildman–Crippen LogP) is 2.46. The van der Waals surface area contributed by atoms with E-state index in [1.54, 1.807) is 6.33 Å². The molecule has 0 saturated heterocycles. The lowest BCUT2D eigenvalue weighted by atomic mass is 10.1. The lowest BCUT2D eigenvalue weighted by Gasteiger charge is -2.11. The molecule has 2 rings (SSSR count). The third kappa shape index (κ3) is 2.83. The number of hydrogen-bond acceptors (Lipinski definition) is 4. The number of nitrogens with zero attached hydrogens (tertiary/aromatic N) is 3. The Labute approximate surface area is 108 Å². The summed E-state index contributed by atoms with van der Waals surface area (Å²) >= 11 is 0. The summed E-state index contributed by atoms with van der Waals surface area (Å²) in [4.78, 5) is 13.0. The van der Waals surface area contributed by atoms with Gasteiger partial charge in [-0.05, 0) is 25.5 Å². The van der Waals surface area contributed by atoms with Gasteiger partial charge in [0.2, 0.25) is 0 Å². The number of nitrogens with one attached hydrogen (secondary N) is 1. The van der Waals surface area contributed by atoms with Crippen molar-refractivity contribution in [1.82, 2.24) is 15.0 Å². The Morgan fingerprint density at radius 3 is 2.67 bits per heavy atom. The van der Waals surface area contributed by atoms with Gasteiger partial charge < -0.3 is 5.32 Å². The van der Waals surface area contributed by atoms with Gasteiger partial charge in [-0.25, -0.2) is 9.97 Å². The van der Waals surface area contributed by atoms with Crippen molar-refractivity contribution in [2.24, 2.45) is 0 Å². The first-order chi connectivity index (χ1) is 8.85. The zero-order valence-electron chi connectivity index (χ0n) is 10.8. The molecule has 18 heavy (non-hydrogen) atoms. The van der Waals surface area contributed by atoms with Crippen LogP contribution in [0.3, 0.4) is 0 Å². The zero-order chi connectivity index (χ0) is 12.8. The van der Waals surface area contributed by atoms with E-state index >= 15 is 0 Å². The maximum absolute atomic E-state index is 4.40. The molecule has 0 saturated carbocycles. The Hall–Kier alpha value is -1.97. The van der Waals surface area contributed by atoms with Crippen LogP contribution in [0, 0.1) is 0 Å². The van der Waals surface area contributed by atoms with Gasteiger partial charge in [0.1, 0.15) is 12.1 Å². The molecule has 0 fully saturated rings. The van der Waals surface area contributed by atoms with E-state index in [1.807, 2.05) is 24.4 Å². The Morgan fingerprint density at radius 2 is 2.00 bits per heavy atom. The van der Waals surface area contributed by atoms with Crippen molar-refractivity contribution in [1.29, 1.82) is 0 Å². The van der Waals surface area contributed by atoms with Crippen molar-refractivity contribution in [3.05, 3.63) is 47.7 Å². The maximum Gasteiger partial charge on any atom is 0.132 e. The number of aromatic nitrogens is 3. The van der Waals surface area contributed by atoms with Gasteiger partial charge in [0, 0.05) is 30.4 Å². The number of hydrogen-bond donors (Lipinski definition) is 1. The highest BCUT2D eigenvalue weighted by Gasteiger charge is 2.09. The summed E-state index contributed by atoms with van der Waals surface area (Å²) in [5.41, 5.74) is 3.28. The molecule has 2 heterocycles. The van der Waals surface area contributed by atoms with E-state index in [9.17, 15) is 0 Å². The van der Waals surface area contributed by atoms with E-state index in [1.165, 1.54) is 5.56 Å². The van der Waals surface area contributed by atoms with Gasteiger partial charge in [-0.1, -0.05) is 13.0 Å². The molecule has 0 aliphatic heterocycles. The van der Waals surface area contributed by atoms with Gasteiger partial charge in [0.05, 0.1) is 5.69 Å². The van der Waals surface area contributed by atoms with Gasteiger partial charge in [0.15, 0.2) is 0 Å². The van der Waals surface area contributed by atoms with Crippen LogP contribution in [0.2, 0.25) is 0 Å². The first-order valence-electron chi connectivity index (χ1n) is 6.31. The van der Waals surface area contributed by atoms with Crippen LogP contribution in [-0.2, 0) is 12.8 Å². The molecule has 2 aromatic rings. The number of rotatable bonds is 5. The van der Waals surface area contributed by atoms with E-state index in [4.69, 9.17) is 0 Å². The molecule has 0 aromatic carbocycles. The molecular weight excluding hydrogens is 224 g/mol. The molecule has 0 aliphatic carbocycles. The van der Waals surface area contributed by atoms with E-state index in [-0.39, 0.29) is 0 Å². The van der Waals surface area contributed by atoms with Gasteiger partial charge in [-0.2, -0.15) is 0 Å². The van der Waals surface area contributed by atoms with Crippen LogP contribution in [0.4, 0.5) is 5.82 Å². The average Bonchev–Trinajstić information content (AvgIpc) is 2.41. The van der Waals surface area contributed by atoms with Gasteiger partial charge in [-0.15, -0.1) is 0 Å². The molecule has 2 aromatic heterocycles. The van der Waals surface area contributed by atoms with Gasteiger partial charge in [0.25, 0.3) is 0 Å². The molecule has 0 atom stereocenters. The Balaban J connectivity index is 2.30. The van der Waals surface area contributed by atoms with Crippen LogP contribution in [0.1, 0.15) is 30.8 Å². The van der Waals surface area contributed by atoms with Crippen molar-refractivity contribution in [3.8, 4) is 0 Å². The molecule has 0 bridgehead atoms. The monoisotopic (exact) mass is 242 g/mol. The van der Waals surface area contributed by atoms with Gasteiger partial charge in [-0.3, -0.25) is 4.98 Å². The molecule has 94 valence electrons. The first kappa shape index (κ1) is 12.5. The fraction of sp³-hybridized carbons (Fsp3) is 0.357. The van der Waals surface area contributed by atoms with Crippen LogP contribution < -0.4 is 5.32 Å². The molecule has 4 nitrogen and oxygen atoms in total. The summed E-state index contributed by atoms with van der Waals surface area (Å²) < 4.78 is 0. The SMILES string of the molecule is CCNc1ncnc(Cc2ccccn2)c1CC. The van der Waals surface area contributed by atoms with Crippen molar-refractivity contribution < 1.29 is 0 Å². The minimum Gasteiger partial charge on any atom is -0.370 e. The summed E-state index contributed by atoms with van der Waals surface area (Å²) in [6, 6.07) is 5.95. The summed E-state index contributed by atoms with van der Waals surface area (Å²) in [6.45, 7) is 5.06. The number of pyridine rings is 1. The smallest absolute Gasteiger partial charge is 0.132 e. The Kier molecular flexibility index (Phi) is 4.23. The Bertz CT molecular complexity index is 496. The molecule has 0 aliphatic rings. The summed E-state index contributed by atoms with van der Waals surface area (Å²) in [7, 11) is 0. The summed E-state index contributed by atoms with van der Waals surface area (Å²) in [5.74, 6) is 0.945. The molecule has 0 amide bonds.